The average molecular weight is 281 g/mol. The van der Waals surface area contributed by atoms with E-state index in [1.807, 2.05) is 13.0 Å². The van der Waals surface area contributed by atoms with Crippen molar-refractivity contribution in [3.05, 3.63) is 65.5 Å². The number of carbonyl (C=O) groups is 1. The second-order valence-electron chi connectivity index (χ2n) is 4.86. The summed E-state index contributed by atoms with van der Waals surface area (Å²) in [5.74, 6) is -1.47. The summed E-state index contributed by atoms with van der Waals surface area (Å²) in [4.78, 5) is 15.9. The molecule has 1 heterocycles. The van der Waals surface area contributed by atoms with E-state index in [-0.39, 0.29) is 5.56 Å². The Labute approximate surface area is 120 Å². The summed E-state index contributed by atoms with van der Waals surface area (Å²) >= 11 is 0. The second-order valence-corrected chi connectivity index (χ2v) is 4.86. The number of fused-ring (bicyclic) bond motifs is 1. The monoisotopic (exact) mass is 281 g/mol. The number of benzene rings is 2. The summed E-state index contributed by atoms with van der Waals surface area (Å²) in [6.45, 7) is 1.88. The predicted octanol–water partition coefficient (Wildman–Crippen LogP) is 4.05. The number of nitrogens with zero attached hydrogens (tertiary/aromatic N) is 1. The third-order valence-corrected chi connectivity index (χ3v) is 3.34. The molecule has 0 aliphatic carbocycles. The van der Waals surface area contributed by atoms with Gasteiger partial charge in [-0.2, -0.15) is 0 Å². The minimum atomic E-state index is -1.05. The standard InChI is InChI=1S/C17H12FNO2/c1-10-6-7-15-12(8-10)13(17(20)21)9-16(19-15)11-4-2-3-5-14(11)18/h2-9H,1H3,(H,20,21). The molecule has 0 atom stereocenters. The van der Waals surface area contributed by atoms with E-state index >= 15 is 0 Å². The van der Waals surface area contributed by atoms with Crippen LogP contribution >= 0.6 is 0 Å². The molecule has 0 saturated heterocycles. The van der Waals surface area contributed by atoms with E-state index in [2.05, 4.69) is 4.98 Å². The van der Waals surface area contributed by atoms with E-state index in [1.54, 1.807) is 30.3 Å². The molecule has 21 heavy (non-hydrogen) atoms. The number of halogens is 1. The van der Waals surface area contributed by atoms with E-state index in [0.717, 1.165) is 5.56 Å². The highest BCUT2D eigenvalue weighted by Gasteiger charge is 2.14. The highest BCUT2D eigenvalue weighted by Crippen LogP contribution is 2.27. The van der Waals surface area contributed by atoms with Gasteiger partial charge in [-0.15, -0.1) is 0 Å². The van der Waals surface area contributed by atoms with Gasteiger partial charge in [-0.3, -0.25) is 0 Å². The fourth-order valence-corrected chi connectivity index (χ4v) is 2.32. The number of carboxylic acids is 1. The second kappa shape index (κ2) is 4.98. The van der Waals surface area contributed by atoms with Crippen molar-refractivity contribution >= 4 is 16.9 Å². The lowest BCUT2D eigenvalue weighted by Gasteiger charge is -2.08. The molecule has 2 aromatic carbocycles. The first-order valence-corrected chi connectivity index (χ1v) is 6.46. The van der Waals surface area contributed by atoms with Gasteiger partial charge in [0.15, 0.2) is 0 Å². The average Bonchev–Trinajstić information content (AvgIpc) is 2.46. The molecule has 0 aliphatic rings. The lowest BCUT2D eigenvalue weighted by molar-refractivity contribution is 0.0699. The minimum Gasteiger partial charge on any atom is -0.478 e. The Kier molecular flexibility index (Phi) is 3.14. The number of aromatic carboxylic acids is 1. The van der Waals surface area contributed by atoms with Crippen LogP contribution in [0.15, 0.2) is 48.5 Å². The van der Waals surface area contributed by atoms with Crippen LogP contribution in [0.25, 0.3) is 22.2 Å². The maximum Gasteiger partial charge on any atom is 0.336 e. The number of rotatable bonds is 2. The van der Waals surface area contributed by atoms with Crippen LogP contribution in [0.3, 0.4) is 0 Å². The molecule has 0 unspecified atom stereocenters. The fraction of sp³-hybridized carbons (Fsp3) is 0.0588. The summed E-state index contributed by atoms with van der Waals surface area (Å²) in [7, 11) is 0. The Balaban J connectivity index is 2.34. The first-order chi connectivity index (χ1) is 10.1. The maximum absolute atomic E-state index is 13.9. The number of pyridine rings is 1. The zero-order chi connectivity index (χ0) is 15.0. The molecule has 3 nitrogen and oxygen atoms in total. The third-order valence-electron chi connectivity index (χ3n) is 3.34. The van der Waals surface area contributed by atoms with E-state index in [0.29, 0.717) is 22.2 Å². The summed E-state index contributed by atoms with van der Waals surface area (Å²) in [6, 6.07) is 13.0. The van der Waals surface area contributed by atoms with Gasteiger partial charge in [0.25, 0.3) is 0 Å². The highest BCUT2D eigenvalue weighted by molar-refractivity contribution is 6.03. The van der Waals surface area contributed by atoms with Gasteiger partial charge < -0.3 is 5.11 Å². The number of hydrogen-bond donors (Lipinski definition) is 1. The van der Waals surface area contributed by atoms with Crippen molar-refractivity contribution in [3.63, 3.8) is 0 Å². The summed E-state index contributed by atoms with van der Waals surface area (Å²) in [5.41, 5.74) is 2.23. The zero-order valence-corrected chi connectivity index (χ0v) is 11.3. The molecule has 1 aromatic heterocycles. The van der Waals surface area contributed by atoms with E-state index in [1.165, 1.54) is 12.1 Å². The largest absolute Gasteiger partial charge is 0.478 e. The number of aryl methyl sites for hydroxylation is 1. The lowest BCUT2D eigenvalue weighted by atomic mass is 10.0. The van der Waals surface area contributed by atoms with Gasteiger partial charge in [-0.1, -0.05) is 23.8 Å². The van der Waals surface area contributed by atoms with Crippen LogP contribution in [0.1, 0.15) is 15.9 Å². The molecule has 0 fully saturated rings. The van der Waals surface area contributed by atoms with Crippen molar-refractivity contribution in [2.75, 3.05) is 0 Å². The van der Waals surface area contributed by atoms with E-state index < -0.39 is 11.8 Å². The summed E-state index contributed by atoms with van der Waals surface area (Å²) < 4.78 is 13.9. The van der Waals surface area contributed by atoms with Crippen LogP contribution in [-0.4, -0.2) is 16.1 Å². The first kappa shape index (κ1) is 13.2. The van der Waals surface area contributed by atoms with Crippen molar-refractivity contribution in [2.24, 2.45) is 0 Å². The smallest absolute Gasteiger partial charge is 0.336 e. The molecular weight excluding hydrogens is 269 g/mol. The van der Waals surface area contributed by atoms with Crippen LogP contribution in [-0.2, 0) is 0 Å². The van der Waals surface area contributed by atoms with Crippen LogP contribution in [0.4, 0.5) is 4.39 Å². The van der Waals surface area contributed by atoms with Crippen molar-refractivity contribution in [2.45, 2.75) is 6.92 Å². The normalized spacial score (nSPS) is 10.8. The van der Waals surface area contributed by atoms with Crippen molar-refractivity contribution in [1.29, 1.82) is 0 Å². The Morgan fingerprint density at radius 2 is 1.90 bits per heavy atom. The summed E-state index contributed by atoms with van der Waals surface area (Å²) in [5, 5.41) is 9.95. The molecule has 1 N–H and O–H groups in total. The molecule has 0 aliphatic heterocycles. The lowest BCUT2D eigenvalue weighted by Crippen LogP contribution is -2.01. The van der Waals surface area contributed by atoms with Gasteiger partial charge in [0, 0.05) is 10.9 Å². The van der Waals surface area contributed by atoms with Crippen molar-refractivity contribution in [3.8, 4) is 11.3 Å². The first-order valence-electron chi connectivity index (χ1n) is 6.46. The van der Waals surface area contributed by atoms with Gasteiger partial charge in [-0.25, -0.2) is 14.2 Å². The Hall–Kier alpha value is -2.75. The SMILES string of the molecule is Cc1ccc2nc(-c3ccccc3F)cc(C(=O)O)c2c1. The van der Waals surface area contributed by atoms with Gasteiger partial charge in [0.2, 0.25) is 0 Å². The van der Waals surface area contributed by atoms with Crippen molar-refractivity contribution in [1.82, 2.24) is 4.98 Å². The van der Waals surface area contributed by atoms with Crippen LogP contribution in [0, 0.1) is 12.7 Å². The molecule has 0 spiro atoms. The predicted molar refractivity (Wildman–Crippen MR) is 78.8 cm³/mol. The molecule has 3 rings (SSSR count). The quantitative estimate of drug-likeness (QED) is 0.771. The topological polar surface area (TPSA) is 50.2 Å². The third kappa shape index (κ3) is 2.36. The van der Waals surface area contributed by atoms with Crippen LogP contribution < -0.4 is 0 Å². The fourth-order valence-electron chi connectivity index (χ4n) is 2.32. The summed E-state index contributed by atoms with van der Waals surface area (Å²) in [6.07, 6.45) is 0. The van der Waals surface area contributed by atoms with Gasteiger partial charge in [0.1, 0.15) is 5.82 Å². The zero-order valence-electron chi connectivity index (χ0n) is 11.3. The van der Waals surface area contributed by atoms with Crippen molar-refractivity contribution < 1.29 is 14.3 Å². The molecule has 4 heteroatoms. The van der Waals surface area contributed by atoms with E-state index in [4.69, 9.17) is 0 Å². The van der Waals surface area contributed by atoms with E-state index in [9.17, 15) is 14.3 Å². The number of hydrogen-bond acceptors (Lipinski definition) is 2. The van der Waals surface area contributed by atoms with Gasteiger partial charge >= 0.3 is 5.97 Å². The molecule has 0 bridgehead atoms. The number of aromatic nitrogens is 1. The number of carboxylic acid groups (broad SMARTS) is 1. The Morgan fingerprint density at radius 1 is 1.14 bits per heavy atom. The molecule has 0 amide bonds. The highest BCUT2D eigenvalue weighted by atomic mass is 19.1. The Morgan fingerprint density at radius 3 is 2.62 bits per heavy atom. The molecule has 0 saturated carbocycles. The van der Waals surface area contributed by atoms with Gasteiger partial charge in [-0.05, 0) is 37.3 Å². The molecule has 3 aromatic rings. The van der Waals surface area contributed by atoms with Gasteiger partial charge in [0.05, 0.1) is 16.8 Å². The Bertz CT molecular complexity index is 859. The maximum atomic E-state index is 13.9. The molecule has 104 valence electrons. The molecule has 0 radical (unpaired) electrons. The molecular formula is C17H12FNO2. The minimum absolute atomic E-state index is 0.127. The van der Waals surface area contributed by atoms with Crippen LogP contribution in [0.5, 0.6) is 0 Å². The van der Waals surface area contributed by atoms with Crippen LogP contribution in [0.2, 0.25) is 0 Å².